The molecule has 0 saturated heterocycles. The minimum Gasteiger partial charge on any atom is -0.357 e. The quantitative estimate of drug-likeness (QED) is 0.663. The van der Waals surface area contributed by atoms with E-state index in [4.69, 9.17) is 40.5 Å². The van der Waals surface area contributed by atoms with Crippen molar-refractivity contribution in [3.63, 3.8) is 0 Å². The summed E-state index contributed by atoms with van der Waals surface area (Å²) in [7, 11) is 0. The number of rotatable bonds is 2. The van der Waals surface area contributed by atoms with Crippen LogP contribution in [0.15, 0.2) is 36.4 Å². The number of benzene rings is 2. The lowest BCUT2D eigenvalue weighted by Crippen LogP contribution is -1.98. The van der Waals surface area contributed by atoms with Crippen molar-refractivity contribution in [3.05, 3.63) is 57.2 Å². The predicted octanol–water partition coefficient (Wildman–Crippen LogP) is 5.25. The van der Waals surface area contributed by atoms with Gasteiger partial charge in [0.05, 0.1) is 0 Å². The Labute approximate surface area is 131 Å². The van der Waals surface area contributed by atoms with Crippen LogP contribution in [0.1, 0.15) is 5.69 Å². The fourth-order valence-corrected chi connectivity index (χ4v) is 3.15. The van der Waals surface area contributed by atoms with Crippen molar-refractivity contribution in [2.24, 2.45) is 5.73 Å². The monoisotopic (exact) mass is 324 g/mol. The molecule has 3 aromatic rings. The lowest BCUT2D eigenvalue weighted by atomic mass is 10.0. The third-order valence-electron chi connectivity index (χ3n) is 3.26. The summed E-state index contributed by atoms with van der Waals surface area (Å²) in [6.07, 6.45) is 0. The number of hydrogen-bond donors (Lipinski definition) is 2. The van der Waals surface area contributed by atoms with Crippen molar-refractivity contribution in [1.82, 2.24) is 4.98 Å². The summed E-state index contributed by atoms with van der Waals surface area (Å²) in [5.74, 6) is 0. The number of aromatic amines is 1. The van der Waals surface area contributed by atoms with Crippen LogP contribution >= 0.6 is 34.8 Å². The van der Waals surface area contributed by atoms with Crippen molar-refractivity contribution in [3.8, 4) is 11.1 Å². The van der Waals surface area contributed by atoms with Gasteiger partial charge >= 0.3 is 0 Å². The fourth-order valence-electron chi connectivity index (χ4n) is 2.40. The van der Waals surface area contributed by atoms with Crippen LogP contribution in [-0.2, 0) is 6.54 Å². The van der Waals surface area contributed by atoms with Crippen LogP contribution in [0, 0.1) is 0 Å². The molecule has 2 nitrogen and oxygen atoms in total. The number of nitrogens with one attached hydrogen (secondary N) is 1. The predicted molar refractivity (Wildman–Crippen MR) is 86.7 cm³/mol. The first-order chi connectivity index (χ1) is 9.61. The number of fused-ring (bicyclic) bond motifs is 1. The Kier molecular flexibility index (Phi) is 3.65. The summed E-state index contributed by atoms with van der Waals surface area (Å²) >= 11 is 18.7. The minimum absolute atomic E-state index is 0.364. The summed E-state index contributed by atoms with van der Waals surface area (Å²) in [6, 6.07) is 11.1. The van der Waals surface area contributed by atoms with Crippen LogP contribution in [0.25, 0.3) is 22.0 Å². The maximum Gasteiger partial charge on any atom is 0.0500 e. The number of nitrogens with two attached hydrogens (primary N) is 1. The average Bonchev–Trinajstić information content (AvgIpc) is 2.77. The first-order valence-corrected chi connectivity index (χ1v) is 7.19. The van der Waals surface area contributed by atoms with Crippen molar-refractivity contribution in [1.29, 1.82) is 0 Å². The largest absolute Gasteiger partial charge is 0.357 e. The molecule has 0 atom stereocenters. The molecule has 0 bridgehead atoms. The highest BCUT2D eigenvalue weighted by molar-refractivity contribution is 6.40. The van der Waals surface area contributed by atoms with Crippen LogP contribution in [0.4, 0.5) is 0 Å². The first kappa shape index (κ1) is 13.8. The smallest absolute Gasteiger partial charge is 0.0500 e. The number of hydrogen-bond acceptors (Lipinski definition) is 1. The van der Waals surface area contributed by atoms with Crippen molar-refractivity contribution < 1.29 is 0 Å². The Bertz CT molecular complexity index is 773. The molecule has 5 heteroatoms. The molecular formula is C15H11Cl3N2. The van der Waals surface area contributed by atoms with E-state index in [1.54, 1.807) is 0 Å². The SMILES string of the molecule is NCc1[nH]c2ccc(Cl)cc2c1-c1c(Cl)cccc1Cl. The van der Waals surface area contributed by atoms with E-state index in [0.717, 1.165) is 27.7 Å². The molecule has 3 N–H and O–H groups in total. The second-order valence-corrected chi connectivity index (χ2v) is 5.72. The number of H-pyrrole nitrogens is 1. The Balaban J connectivity index is 2.42. The highest BCUT2D eigenvalue weighted by Gasteiger charge is 2.17. The van der Waals surface area contributed by atoms with Crippen molar-refractivity contribution in [2.45, 2.75) is 6.54 Å². The molecule has 0 amide bonds. The van der Waals surface area contributed by atoms with E-state index in [-0.39, 0.29) is 0 Å². The summed E-state index contributed by atoms with van der Waals surface area (Å²) in [5, 5.41) is 2.80. The standard InChI is InChI=1S/C15H11Cl3N2/c16-8-4-5-12-9(6-8)14(13(7-19)20-12)15-10(17)2-1-3-11(15)18/h1-6,20H,7,19H2. The lowest BCUT2D eigenvalue weighted by molar-refractivity contribution is 1.02. The van der Waals surface area contributed by atoms with Gasteiger partial charge in [-0.15, -0.1) is 0 Å². The molecular weight excluding hydrogens is 315 g/mol. The summed E-state index contributed by atoms with van der Waals surface area (Å²) in [6.45, 7) is 0.364. The molecule has 0 unspecified atom stereocenters. The lowest BCUT2D eigenvalue weighted by Gasteiger charge is -2.08. The maximum atomic E-state index is 6.32. The van der Waals surface area contributed by atoms with Gasteiger partial charge < -0.3 is 10.7 Å². The second kappa shape index (κ2) is 5.30. The van der Waals surface area contributed by atoms with E-state index in [2.05, 4.69) is 4.98 Å². The molecule has 0 radical (unpaired) electrons. The fraction of sp³-hybridized carbons (Fsp3) is 0.0667. The Morgan fingerprint density at radius 3 is 2.30 bits per heavy atom. The zero-order valence-corrected chi connectivity index (χ0v) is 12.7. The van der Waals surface area contributed by atoms with E-state index in [1.807, 2.05) is 36.4 Å². The van der Waals surface area contributed by atoms with Gasteiger partial charge in [0, 0.05) is 49.3 Å². The zero-order chi connectivity index (χ0) is 14.3. The zero-order valence-electron chi connectivity index (χ0n) is 10.4. The maximum absolute atomic E-state index is 6.32. The van der Waals surface area contributed by atoms with Gasteiger partial charge in [-0.2, -0.15) is 0 Å². The third kappa shape index (κ3) is 2.19. The van der Waals surface area contributed by atoms with Gasteiger partial charge in [-0.05, 0) is 30.3 Å². The van der Waals surface area contributed by atoms with Gasteiger partial charge in [0.1, 0.15) is 0 Å². The van der Waals surface area contributed by atoms with E-state index >= 15 is 0 Å². The Morgan fingerprint density at radius 2 is 1.65 bits per heavy atom. The Morgan fingerprint density at radius 1 is 0.950 bits per heavy atom. The van der Waals surface area contributed by atoms with Gasteiger partial charge in [-0.1, -0.05) is 40.9 Å². The minimum atomic E-state index is 0.364. The van der Waals surface area contributed by atoms with Gasteiger partial charge in [-0.3, -0.25) is 0 Å². The molecule has 2 aromatic carbocycles. The van der Waals surface area contributed by atoms with Gasteiger partial charge in [0.25, 0.3) is 0 Å². The van der Waals surface area contributed by atoms with Crippen LogP contribution in [-0.4, -0.2) is 4.98 Å². The number of halogens is 3. The molecule has 0 aliphatic heterocycles. The molecule has 0 aliphatic rings. The van der Waals surface area contributed by atoms with E-state index in [1.165, 1.54) is 0 Å². The van der Waals surface area contributed by atoms with Crippen molar-refractivity contribution >= 4 is 45.7 Å². The topological polar surface area (TPSA) is 41.8 Å². The average molecular weight is 326 g/mol. The number of aromatic nitrogens is 1. The van der Waals surface area contributed by atoms with Crippen LogP contribution in [0.5, 0.6) is 0 Å². The molecule has 20 heavy (non-hydrogen) atoms. The van der Waals surface area contributed by atoms with Gasteiger partial charge in [0.15, 0.2) is 0 Å². The van der Waals surface area contributed by atoms with Crippen LogP contribution in [0.2, 0.25) is 15.1 Å². The summed E-state index contributed by atoms with van der Waals surface area (Å²) in [4.78, 5) is 3.29. The molecule has 0 saturated carbocycles. The molecule has 3 rings (SSSR count). The van der Waals surface area contributed by atoms with E-state index in [0.29, 0.717) is 21.6 Å². The van der Waals surface area contributed by atoms with E-state index < -0.39 is 0 Å². The normalized spacial score (nSPS) is 11.2. The molecule has 102 valence electrons. The van der Waals surface area contributed by atoms with E-state index in [9.17, 15) is 0 Å². The van der Waals surface area contributed by atoms with Crippen molar-refractivity contribution in [2.75, 3.05) is 0 Å². The molecule has 1 aromatic heterocycles. The summed E-state index contributed by atoms with van der Waals surface area (Å²) < 4.78 is 0. The van der Waals surface area contributed by atoms with Gasteiger partial charge in [-0.25, -0.2) is 0 Å². The molecule has 0 fully saturated rings. The highest BCUT2D eigenvalue weighted by atomic mass is 35.5. The summed E-state index contributed by atoms with van der Waals surface area (Å²) in [5.41, 5.74) is 9.38. The third-order valence-corrected chi connectivity index (χ3v) is 4.12. The molecule has 0 aliphatic carbocycles. The first-order valence-electron chi connectivity index (χ1n) is 6.06. The van der Waals surface area contributed by atoms with Crippen LogP contribution in [0.3, 0.4) is 0 Å². The Hall–Kier alpha value is -1.19. The second-order valence-electron chi connectivity index (χ2n) is 4.47. The molecule has 0 spiro atoms. The highest BCUT2D eigenvalue weighted by Crippen LogP contribution is 2.41. The van der Waals surface area contributed by atoms with Crippen LogP contribution < -0.4 is 5.73 Å². The van der Waals surface area contributed by atoms with Gasteiger partial charge in [0.2, 0.25) is 0 Å². The molecule has 1 heterocycles.